The molecule has 0 fully saturated rings. The van der Waals surface area contributed by atoms with E-state index in [2.05, 4.69) is 9.97 Å². The second-order valence-corrected chi connectivity index (χ2v) is 12.3. The molecule has 1 aliphatic heterocycles. The third-order valence-corrected chi connectivity index (χ3v) is 7.84. The second-order valence-electron chi connectivity index (χ2n) is 12.3. The van der Waals surface area contributed by atoms with Crippen LogP contribution in [-0.4, -0.2) is 128 Å². The first-order chi connectivity index (χ1) is 28.6. The molecule has 0 N–H and O–H groups in total. The number of rotatable bonds is 6. The molecule has 0 unspecified atom stereocenters. The van der Waals surface area contributed by atoms with E-state index in [-0.39, 0.29) is 51.0 Å². The van der Waals surface area contributed by atoms with Gasteiger partial charge in [0.25, 0.3) is 0 Å². The summed E-state index contributed by atoms with van der Waals surface area (Å²) < 4.78 is 68.6. The molecule has 0 amide bonds. The number of carbonyl (C=O) groups is 2. The number of hydrogen-bond donors (Lipinski definition) is 0. The number of pyridine rings is 2. The van der Waals surface area contributed by atoms with Gasteiger partial charge in [0.2, 0.25) is 0 Å². The Morgan fingerprint density at radius 1 is 0.414 bits per heavy atom. The lowest BCUT2D eigenvalue weighted by atomic mass is 10.2. The highest BCUT2D eigenvalue weighted by Crippen LogP contribution is 2.25. The van der Waals surface area contributed by atoms with Crippen LogP contribution in [0.4, 0.5) is 0 Å². The van der Waals surface area contributed by atoms with E-state index in [1.807, 2.05) is 0 Å². The van der Waals surface area contributed by atoms with Crippen molar-refractivity contribution in [3.63, 3.8) is 0 Å². The van der Waals surface area contributed by atoms with Crippen molar-refractivity contribution in [2.24, 2.45) is 0 Å². The highest BCUT2D eigenvalue weighted by molar-refractivity contribution is 5.87. The van der Waals surface area contributed by atoms with Crippen molar-refractivity contribution in [1.29, 1.82) is 0 Å². The van der Waals surface area contributed by atoms with Crippen LogP contribution in [0.2, 0.25) is 0 Å². The first-order valence-corrected chi connectivity index (χ1v) is 19.0. The summed E-state index contributed by atoms with van der Waals surface area (Å²) in [5, 5.41) is 0. The summed E-state index contributed by atoms with van der Waals surface area (Å²) in [6, 6.07) is 20.7. The third-order valence-electron chi connectivity index (χ3n) is 7.84. The monoisotopic (exact) mass is 806 g/mol. The molecule has 0 aliphatic carbocycles. The average molecular weight is 807 g/mol. The van der Waals surface area contributed by atoms with Gasteiger partial charge in [-0.05, 0) is 59.7 Å². The van der Waals surface area contributed by atoms with Gasteiger partial charge in [0.1, 0.15) is 74.0 Å². The number of hydrogen-bond acceptors (Lipinski definition) is 16. The zero-order valence-corrected chi connectivity index (χ0v) is 32.4. The van der Waals surface area contributed by atoms with Gasteiger partial charge in [0.15, 0.2) is 0 Å². The fourth-order valence-corrected chi connectivity index (χ4v) is 5.13. The van der Waals surface area contributed by atoms with E-state index in [0.29, 0.717) is 113 Å². The summed E-state index contributed by atoms with van der Waals surface area (Å²) in [6.45, 7) is 5.46. The molecule has 0 spiro atoms. The number of aromatic nitrogens is 2. The van der Waals surface area contributed by atoms with Crippen LogP contribution >= 0.6 is 0 Å². The molecule has 312 valence electrons. The van der Waals surface area contributed by atoms with Gasteiger partial charge in [0.05, 0.1) is 79.3 Å². The van der Waals surface area contributed by atoms with Gasteiger partial charge in [0, 0.05) is 24.5 Å². The molecule has 5 rings (SSSR count). The average Bonchev–Trinajstić information content (AvgIpc) is 3.25. The van der Waals surface area contributed by atoms with Crippen LogP contribution in [0, 0.1) is 0 Å². The maximum absolute atomic E-state index is 12.5. The smallest absolute Gasteiger partial charge is 0.357 e. The van der Waals surface area contributed by atoms with Gasteiger partial charge in [-0.2, -0.15) is 0 Å². The SMILES string of the molecule is O=C(OCc1cc2cc(c1)OCCOCCOCCOCCOc1cc(COC(=O)c3ccccn3)cc(c1)OCCOCCOCCOCCO2)c1ccccn1. The second kappa shape index (κ2) is 26.5. The minimum atomic E-state index is -0.535. The molecule has 3 heterocycles. The molecule has 2 aromatic carbocycles. The van der Waals surface area contributed by atoms with Crippen molar-refractivity contribution in [3.8, 4) is 23.0 Å². The molecule has 0 saturated heterocycles. The number of carbonyl (C=O) groups excluding carboxylic acids is 2. The number of fused-ring (bicyclic) bond motifs is 4. The summed E-state index contributed by atoms with van der Waals surface area (Å²) >= 11 is 0. The van der Waals surface area contributed by atoms with E-state index in [9.17, 15) is 9.59 Å². The van der Waals surface area contributed by atoms with Crippen molar-refractivity contribution < 1.29 is 66.4 Å². The first kappa shape index (κ1) is 43.8. The van der Waals surface area contributed by atoms with Crippen LogP contribution in [-0.2, 0) is 51.1 Å². The molecule has 2 aromatic heterocycles. The van der Waals surface area contributed by atoms with Gasteiger partial charge in [-0.3, -0.25) is 0 Å². The van der Waals surface area contributed by atoms with Gasteiger partial charge in [-0.15, -0.1) is 0 Å². The first-order valence-electron chi connectivity index (χ1n) is 19.0. The predicted molar refractivity (Wildman–Crippen MR) is 206 cm³/mol. The quantitative estimate of drug-likeness (QED) is 0.249. The third kappa shape index (κ3) is 17.4. The zero-order valence-electron chi connectivity index (χ0n) is 32.4. The largest absolute Gasteiger partial charge is 0.491 e. The minimum Gasteiger partial charge on any atom is -0.491 e. The van der Waals surface area contributed by atoms with Crippen LogP contribution in [0.15, 0.2) is 85.2 Å². The number of ether oxygens (including phenoxy) is 12. The molecule has 1 aliphatic rings. The van der Waals surface area contributed by atoms with E-state index >= 15 is 0 Å². The summed E-state index contributed by atoms with van der Waals surface area (Å²) in [5.41, 5.74) is 1.80. The highest BCUT2D eigenvalue weighted by atomic mass is 16.6. The Hall–Kier alpha value is -5.36. The summed E-state index contributed by atoms with van der Waals surface area (Å²) in [7, 11) is 0. The molecule has 0 atom stereocenters. The Balaban J connectivity index is 1.08. The lowest BCUT2D eigenvalue weighted by molar-refractivity contribution is 0.00430. The minimum absolute atomic E-state index is 0.000664. The number of esters is 2. The standard InChI is InChI=1S/C42H50N2O14/c45-41(39-5-1-3-7-43-39)57-31-33-25-35-29-36(26-33)54-22-18-50-14-10-48-12-16-52-20-24-56-38-28-34(32-58-42(46)40-6-2-4-8-44-40)27-37(30-38)55-23-19-51-15-11-47-9-13-49-17-21-53-35/h1-8,25-30H,9-24,31-32H2. The summed E-state index contributed by atoms with van der Waals surface area (Å²) in [4.78, 5) is 33.0. The molecule has 4 aromatic rings. The van der Waals surface area contributed by atoms with Gasteiger partial charge in [-0.1, -0.05) is 12.1 Å². The van der Waals surface area contributed by atoms with Crippen LogP contribution in [0.25, 0.3) is 0 Å². The number of nitrogens with zero attached hydrogens (tertiary/aromatic N) is 2. The Labute approximate surface area is 337 Å². The topological polar surface area (TPSA) is 171 Å². The summed E-state index contributed by atoms with van der Waals surface area (Å²) in [6.07, 6.45) is 3.07. The van der Waals surface area contributed by atoms with Crippen molar-refractivity contribution in [1.82, 2.24) is 9.97 Å². The van der Waals surface area contributed by atoms with Gasteiger partial charge >= 0.3 is 11.9 Å². The van der Waals surface area contributed by atoms with Crippen LogP contribution in [0.1, 0.15) is 32.1 Å². The van der Waals surface area contributed by atoms with Crippen LogP contribution < -0.4 is 18.9 Å². The van der Waals surface area contributed by atoms with E-state index in [1.165, 1.54) is 12.4 Å². The Bertz CT molecular complexity index is 1570. The maximum Gasteiger partial charge on any atom is 0.357 e. The lowest BCUT2D eigenvalue weighted by Crippen LogP contribution is -2.15. The van der Waals surface area contributed by atoms with E-state index < -0.39 is 11.9 Å². The molecule has 58 heavy (non-hydrogen) atoms. The van der Waals surface area contributed by atoms with E-state index in [1.54, 1.807) is 72.8 Å². The van der Waals surface area contributed by atoms with Gasteiger partial charge < -0.3 is 56.8 Å². The number of benzene rings is 2. The summed E-state index contributed by atoms with van der Waals surface area (Å²) in [5.74, 6) is 1.07. The highest BCUT2D eigenvalue weighted by Gasteiger charge is 2.12. The molecule has 0 radical (unpaired) electrons. The molecular formula is C42H50N2O14. The van der Waals surface area contributed by atoms with E-state index in [0.717, 1.165) is 0 Å². The van der Waals surface area contributed by atoms with E-state index in [4.69, 9.17) is 56.8 Å². The van der Waals surface area contributed by atoms with Crippen molar-refractivity contribution >= 4 is 11.9 Å². The Morgan fingerprint density at radius 2 is 0.707 bits per heavy atom. The van der Waals surface area contributed by atoms with Crippen molar-refractivity contribution in [2.75, 3.05) is 106 Å². The zero-order chi connectivity index (χ0) is 40.3. The molecule has 4 bridgehead atoms. The molecular weight excluding hydrogens is 756 g/mol. The van der Waals surface area contributed by atoms with Gasteiger partial charge in [-0.25, -0.2) is 19.6 Å². The fraction of sp³-hybridized carbons (Fsp3) is 0.429. The molecule has 16 heteroatoms. The van der Waals surface area contributed by atoms with Crippen molar-refractivity contribution in [3.05, 3.63) is 108 Å². The fourth-order valence-electron chi connectivity index (χ4n) is 5.13. The normalized spacial score (nSPS) is 16.3. The molecule has 0 saturated carbocycles. The maximum atomic E-state index is 12.5. The van der Waals surface area contributed by atoms with Crippen LogP contribution in [0.3, 0.4) is 0 Å². The van der Waals surface area contributed by atoms with Crippen LogP contribution in [0.5, 0.6) is 23.0 Å². The predicted octanol–water partition coefficient (Wildman–Crippen LogP) is 4.52. The lowest BCUT2D eigenvalue weighted by Gasteiger charge is -2.14. The van der Waals surface area contributed by atoms with Crippen molar-refractivity contribution in [2.45, 2.75) is 13.2 Å². The molecule has 16 nitrogen and oxygen atoms in total. The Morgan fingerprint density at radius 3 is 0.983 bits per heavy atom. The Kier molecular flexibility index (Phi) is 20.0.